The third kappa shape index (κ3) is 2.84. The number of carbonyl (C=O) groups excluding carboxylic acids is 2. The molecule has 0 radical (unpaired) electrons. The predicted molar refractivity (Wildman–Crippen MR) is 91.6 cm³/mol. The van der Waals surface area contributed by atoms with Crippen LogP contribution in [-0.2, 0) is 4.79 Å². The lowest BCUT2D eigenvalue weighted by molar-refractivity contribution is -0.118. The highest BCUT2D eigenvalue weighted by atomic mass is 16.2. The second kappa shape index (κ2) is 6.65. The van der Waals surface area contributed by atoms with Crippen LogP contribution in [0, 0.1) is 0 Å². The van der Waals surface area contributed by atoms with Gasteiger partial charge in [0.2, 0.25) is 0 Å². The summed E-state index contributed by atoms with van der Waals surface area (Å²) in [7, 11) is 0. The van der Waals surface area contributed by atoms with Gasteiger partial charge in [0.25, 0.3) is 5.91 Å². The zero-order valence-corrected chi connectivity index (χ0v) is 13.2. The van der Waals surface area contributed by atoms with E-state index < -0.39 is 6.04 Å². The van der Waals surface area contributed by atoms with E-state index in [1.54, 1.807) is 17.0 Å². The van der Waals surface area contributed by atoms with Gasteiger partial charge >= 0.3 is 6.03 Å². The Hall–Kier alpha value is -2.62. The number of amides is 3. The maximum atomic E-state index is 12.9. The number of para-hydroxylation sites is 2. The van der Waals surface area contributed by atoms with Crippen LogP contribution in [0.3, 0.4) is 0 Å². The highest BCUT2D eigenvalue weighted by Gasteiger charge is 2.46. The summed E-state index contributed by atoms with van der Waals surface area (Å²) in [5, 5.41) is 0. The maximum absolute atomic E-state index is 12.9. The van der Waals surface area contributed by atoms with Crippen molar-refractivity contribution < 1.29 is 9.59 Å². The summed E-state index contributed by atoms with van der Waals surface area (Å²) in [4.78, 5) is 28.7. The number of imide groups is 1. The summed E-state index contributed by atoms with van der Waals surface area (Å²) in [6.07, 6.45) is 2.58. The van der Waals surface area contributed by atoms with Gasteiger partial charge in [-0.1, -0.05) is 56.2 Å². The minimum atomic E-state index is -0.426. The van der Waals surface area contributed by atoms with E-state index in [-0.39, 0.29) is 11.9 Å². The van der Waals surface area contributed by atoms with Crippen LogP contribution in [-0.4, -0.2) is 18.0 Å². The van der Waals surface area contributed by atoms with Crippen LogP contribution in [0.2, 0.25) is 0 Å². The Balaban J connectivity index is 1.99. The molecule has 2 aromatic rings. The molecule has 1 fully saturated rings. The quantitative estimate of drug-likeness (QED) is 0.776. The van der Waals surface area contributed by atoms with Crippen LogP contribution in [0.1, 0.15) is 26.2 Å². The number of hydrogen-bond acceptors (Lipinski definition) is 2. The van der Waals surface area contributed by atoms with Gasteiger partial charge in [-0.15, -0.1) is 0 Å². The third-order valence-corrected chi connectivity index (χ3v) is 4.09. The molecule has 1 aliphatic heterocycles. The highest BCUT2D eigenvalue weighted by molar-refractivity contribution is 6.28. The summed E-state index contributed by atoms with van der Waals surface area (Å²) < 4.78 is 0. The van der Waals surface area contributed by atoms with Crippen LogP contribution in [0.15, 0.2) is 60.7 Å². The van der Waals surface area contributed by atoms with Gasteiger partial charge in [-0.25, -0.2) is 9.69 Å². The number of unbranched alkanes of at least 4 members (excludes halogenated alkanes) is 1. The van der Waals surface area contributed by atoms with E-state index in [9.17, 15) is 9.59 Å². The van der Waals surface area contributed by atoms with Crippen molar-refractivity contribution in [3.8, 4) is 0 Å². The van der Waals surface area contributed by atoms with E-state index in [4.69, 9.17) is 0 Å². The van der Waals surface area contributed by atoms with Crippen LogP contribution >= 0.6 is 0 Å². The minimum Gasteiger partial charge on any atom is -0.281 e. The lowest BCUT2D eigenvalue weighted by atomic mass is 10.1. The van der Waals surface area contributed by atoms with Gasteiger partial charge in [-0.3, -0.25) is 9.69 Å². The SMILES string of the molecule is CCCCC1C(=O)N(c2ccccc2)C(=O)N1c1ccccc1. The minimum absolute atomic E-state index is 0.140. The molecule has 0 N–H and O–H groups in total. The van der Waals surface area contributed by atoms with Gasteiger partial charge in [0.15, 0.2) is 0 Å². The van der Waals surface area contributed by atoms with E-state index in [0.717, 1.165) is 18.5 Å². The molecule has 23 heavy (non-hydrogen) atoms. The number of anilines is 2. The Morgan fingerprint density at radius 3 is 2.00 bits per heavy atom. The average molecular weight is 308 g/mol. The summed E-state index contributed by atoms with van der Waals surface area (Å²) >= 11 is 0. The molecule has 1 unspecified atom stereocenters. The van der Waals surface area contributed by atoms with Crippen molar-refractivity contribution in [2.24, 2.45) is 0 Å². The number of hydrogen-bond donors (Lipinski definition) is 0. The van der Waals surface area contributed by atoms with Crippen molar-refractivity contribution in [2.45, 2.75) is 32.2 Å². The molecule has 0 bridgehead atoms. The molecule has 2 aromatic carbocycles. The summed E-state index contributed by atoms with van der Waals surface area (Å²) in [5.74, 6) is -0.140. The Labute approximate surface area is 136 Å². The normalized spacial score (nSPS) is 17.9. The van der Waals surface area contributed by atoms with Crippen molar-refractivity contribution in [3.05, 3.63) is 60.7 Å². The number of rotatable bonds is 5. The molecule has 1 aliphatic rings. The highest BCUT2D eigenvalue weighted by Crippen LogP contribution is 2.31. The first-order valence-corrected chi connectivity index (χ1v) is 8.01. The van der Waals surface area contributed by atoms with E-state index in [2.05, 4.69) is 6.92 Å². The van der Waals surface area contributed by atoms with Crippen molar-refractivity contribution in [2.75, 3.05) is 9.80 Å². The van der Waals surface area contributed by atoms with Crippen LogP contribution in [0.5, 0.6) is 0 Å². The molecule has 1 atom stereocenters. The zero-order valence-electron chi connectivity index (χ0n) is 13.2. The number of urea groups is 1. The first-order chi connectivity index (χ1) is 11.2. The predicted octanol–water partition coefficient (Wildman–Crippen LogP) is 4.22. The molecule has 3 amide bonds. The fourth-order valence-electron chi connectivity index (χ4n) is 2.94. The van der Waals surface area contributed by atoms with Crippen LogP contribution in [0.4, 0.5) is 16.2 Å². The second-order valence-electron chi connectivity index (χ2n) is 5.66. The number of carbonyl (C=O) groups is 2. The van der Waals surface area contributed by atoms with Gasteiger partial charge < -0.3 is 0 Å². The third-order valence-electron chi connectivity index (χ3n) is 4.09. The summed E-state index contributed by atoms with van der Waals surface area (Å²) in [6.45, 7) is 2.09. The Kier molecular flexibility index (Phi) is 4.42. The zero-order chi connectivity index (χ0) is 16.2. The summed E-state index contributed by atoms with van der Waals surface area (Å²) in [5.41, 5.74) is 1.40. The van der Waals surface area contributed by atoms with Gasteiger partial charge in [-0.05, 0) is 30.7 Å². The lowest BCUT2D eigenvalue weighted by Gasteiger charge is -2.21. The van der Waals surface area contributed by atoms with E-state index >= 15 is 0 Å². The molecule has 1 saturated heterocycles. The van der Waals surface area contributed by atoms with Crippen molar-refractivity contribution in [1.82, 2.24) is 0 Å². The first kappa shape index (κ1) is 15.3. The van der Waals surface area contributed by atoms with Gasteiger partial charge in [0.1, 0.15) is 6.04 Å². The molecule has 118 valence electrons. The van der Waals surface area contributed by atoms with Crippen molar-refractivity contribution in [3.63, 3.8) is 0 Å². The molecule has 0 saturated carbocycles. The molecular weight excluding hydrogens is 288 g/mol. The van der Waals surface area contributed by atoms with Gasteiger partial charge in [-0.2, -0.15) is 0 Å². The second-order valence-corrected chi connectivity index (χ2v) is 5.66. The van der Waals surface area contributed by atoms with Crippen molar-refractivity contribution in [1.29, 1.82) is 0 Å². The van der Waals surface area contributed by atoms with Gasteiger partial charge in [0.05, 0.1) is 5.69 Å². The Morgan fingerprint density at radius 2 is 1.43 bits per heavy atom. The molecule has 4 nitrogen and oxygen atoms in total. The molecule has 0 aromatic heterocycles. The average Bonchev–Trinajstić information content (AvgIpc) is 2.84. The molecule has 4 heteroatoms. The first-order valence-electron chi connectivity index (χ1n) is 8.01. The van der Waals surface area contributed by atoms with E-state index in [0.29, 0.717) is 12.1 Å². The van der Waals surface area contributed by atoms with Crippen molar-refractivity contribution >= 4 is 23.3 Å². The largest absolute Gasteiger partial charge is 0.336 e. The number of benzene rings is 2. The standard InChI is InChI=1S/C19H20N2O2/c1-2-3-14-17-18(22)21(16-12-8-5-9-13-16)19(23)20(17)15-10-6-4-7-11-15/h4-13,17H,2-3,14H2,1H3. The fraction of sp³-hybridized carbons (Fsp3) is 0.263. The molecule has 0 spiro atoms. The lowest BCUT2D eigenvalue weighted by Crippen LogP contribution is -2.35. The van der Waals surface area contributed by atoms with E-state index in [1.807, 2.05) is 48.5 Å². The van der Waals surface area contributed by atoms with Gasteiger partial charge in [0, 0.05) is 5.69 Å². The smallest absolute Gasteiger partial charge is 0.281 e. The Bertz CT molecular complexity index is 685. The maximum Gasteiger partial charge on any atom is 0.336 e. The molecular formula is C19H20N2O2. The molecule has 0 aliphatic carbocycles. The molecule has 1 heterocycles. The van der Waals surface area contributed by atoms with E-state index in [1.165, 1.54) is 4.90 Å². The summed E-state index contributed by atoms with van der Waals surface area (Å²) in [6, 6.07) is 17.9. The topological polar surface area (TPSA) is 40.6 Å². The van der Waals surface area contributed by atoms with Crippen LogP contribution in [0.25, 0.3) is 0 Å². The Morgan fingerprint density at radius 1 is 0.870 bits per heavy atom. The molecule has 3 rings (SSSR count). The van der Waals surface area contributed by atoms with Crippen LogP contribution < -0.4 is 9.80 Å². The number of nitrogens with zero attached hydrogens (tertiary/aromatic N) is 2. The monoisotopic (exact) mass is 308 g/mol. The fourth-order valence-corrected chi connectivity index (χ4v) is 2.94.